The number of carbonyl (C=O) groups is 2. The number of aromatic nitrogens is 6. The van der Waals surface area contributed by atoms with Gasteiger partial charge in [-0.25, -0.2) is 9.97 Å². The fourth-order valence-electron chi connectivity index (χ4n) is 7.83. The highest BCUT2D eigenvalue weighted by molar-refractivity contribution is 6.29. The fourth-order valence-corrected chi connectivity index (χ4v) is 7.96. The van der Waals surface area contributed by atoms with Gasteiger partial charge in [0, 0.05) is 39.1 Å². The van der Waals surface area contributed by atoms with Crippen LogP contribution in [-0.2, 0) is 17.6 Å². The van der Waals surface area contributed by atoms with Crippen LogP contribution in [0, 0.1) is 0 Å². The molecule has 0 spiro atoms. The average Bonchev–Trinajstić information content (AvgIpc) is 3.92. The molecule has 0 aliphatic rings. The number of aliphatic hydroxyl groups excluding tert-OH is 10. The first-order chi connectivity index (χ1) is 34.0. The number of nitrogens with one attached hydrogen (secondary N) is 1. The number of H-pyrrole nitrogens is 1. The maximum absolute atomic E-state index is 14.3. The number of amidine groups is 1. The second-order valence-corrected chi connectivity index (χ2v) is 17.6. The maximum Gasteiger partial charge on any atom is 0.269 e. The summed E-state index contributed by atoms with van der Waals surface area (Å²) in [6.07, 6.45) is -8.87. The lowest BCUT2D eigenvalue weighted by Crippen LogP contribution is -2.53. The molecule has 9 atom stereocenters. The van der Waals surface area contributed by atoms with Crippen LogP contribution in [0.15, 0.2) is 59.7 Å². The molecule has 2 aromatic carbocycles. The first kappa shape index (κ1) is 58.4. The van der Waals surface area contributed by atoms with E-state index in [0.29, 0.717) is 38.8 Å². The van der Waals surface area contributed by atoms with Crippen LogP contribution in [-0.4, -0.2) is 210 Å². The van der Waals surface area contributed by atoms with Gasteiger partial charge in [0.2, 0.25) is 5.91 Å². The monoisotopic (exact) mass is 1020 g/mol. The summed E-state index contributed by atoms with van der Waals surface area (Å²) in [5.41, 5.74) is 21.2. The molecule has 0 unspecified atom stereocenters. The van der Waals surface area contributed by atoms with Crippen LogP contribution in [0.1, 0.15) is 84.1 Å². The van der Waals surface area contributed by atoms with Crippen LogP contribution >= 0.6 is 11.6 Å². The summed E-state index contributed by atoms with van der Waals surface area (Å²) in [6.45, 7) is -1.83. The number of hydrogen-bond acceptors (Lipinski definition) is 20. The van der Waals surface area contributed by atoms with Crippen LogP contribution in [0.3, 0.4) is 0 Å². The molecule has 24 nitrogen and oxygen atoms in total. The molecule has 0 aliphatic carbocycles. The van der Waals surface area contributed by atoms with Crippen molar-refractivity contribution in [2.75, 3.05) is 52.5 Å². The van der Waals surface area contributed by atoms with E-state index >= 15 is 0 Å². The van der Waals surface area contributed by atoms with Crippen molar-refractivity contribution in [3.8, 4) is 11.1 Å². The number of aliphatic hydroxyl groups is 10. The molecule has 4 rings (SSSR count). The van der Waals surface area contributed by atoms with Gasteiger partial charge < -0.3 is 73.2 Å². The lowest BCUT2D eigenvalue weighted by atomic mass is 9.99. The largest absolute Gasteiger partial charge is 0.394 e. The van der Waals surface area contributed by atoms with E-state index in [1.807, 2.05) is 36.4 Å². The Morgan fingerprint density at radius 1 is 0.704 bits per heavy atom. The maximum atomic E-state index is 14.3. The zero-order valence-electron chi connectivity index (χ0n) is 39.4. The number of tetrazole rings is 1. The minimum absolute atomic E-state index is 0.00685. The summed E-state index contributed by atoms with van der Waals surface area (Å²) in [5, 5.41) is 116. The number of aryl methyl sites for hydroxylation is 2. The molecular formula is C46H69ClN12O12. The highest BCUT2D eigenvalue weighted by Gasteiger charge is 2.35. The molecule has 2 amide bonds. The number of benzene rings is 2. The highest BCUT2D eigenvalue weighted by Crippen LogP contribution is 2.26. The van der Waals surface area contributed by atoms with Crippen molar-refractivity contribution >= 4 is 29.3 Å². The number of carbonyl (C=O) groups excluding carboxylic acids is 2. The van der Waals surface area contributed by atoms with E-state index in [1.54, 1.807) is 4.90 Å². The third kappa shape index (κ3) is 18.1. The van der Waals surface area contributed by atoms with Gasteiger partial charge in [0.05, 0.1) is 37.7 Å². The molecule has 2 aromatic heterocycles. The van der Waals surface area contributed by atoms with Crippen LogP contribution in [0.2, 0.25) is 5.15 Å². The average molecular weight is 1020 g/mol. The summed E-state index contributed by atoms with van der Waals surface area (Å²) in [6, 6.07) is 15.4. The van der Waals surface area contributed by atoms with Crippen molar-refractivity contribution in [3.05, 3.63) is 88.2 Å². The van der Waals surface area contributed by atoms with Crippen molar-refractivity contribution in [2.24, 2.45) is 22.2 Å². The number of aromatic amines is 1. The molecule has 2 heterocycles. The van der Waals surface area contributed by atoms with Gasteiger partial charge in [0.15, 0.2) is 11.5 Å². The molecular weight excluding hydrogens is 948 g/mol. The zero-order valence-corrected chi connectivity index (χ0v) is 40.1. The van der Waals surface area contributed by atoms with Crippen molar-refractivity contribution < 1.29 is 60.7 Å². The van der Waals surface area contributed by atoms with Gasteiger partial charge in [0.25, 0.3) is 5.91 Å². The van der Waals surface area contributed by atoms with Crippen molar-refractivity contribution in [1.29, 1.82) is 0 Å². The summed E-state index contributed by atoms with van der Waals surface area (Å²) < 4.78 is 0. The predicted octanol–water partition coefficient (Wildman–Crippen LogP) is -2.67. The van der Waals surface area contributed by atoms with Gasteiger partial charge in [-0.2, -0.15) is 5.21 Å². The van der Waals surface area contributed by atoms with E-state index in [2.05, 4.69) is 47.7 Å². The normalized spacial score (nSPS) is 15.9. The molecule has 0 fully saturated rings. The molecule has 0 aliphatic heterocycles. The Morgan fingerprint density at radius 3 is 1.79 bits per heavy atom. The minimum atomic E-state index is -1.96. The summed E-state index contributed by atoms with van der Waals surface area (Å²) in [5.74, 6) is -0.722. The Kier molecular flexibility index (Phi) is 24.7. The number of aliphatic imine (C=N–C) groups is 1. The van der Waals surface area contributed by atoms with Gasteiger partial charge in [0.1, 0.15) is 53.3 Å². The van der Waals surface area contributed by atoms with Crippen LogP contribution in [0.5, 0.6) is 0 Å². The van der Waals surface area contributed by atoms with Crippen LogP contribution in [0.25, 0.3) is 11.1 Å². The van der Waals surface area contributed by atoms with E-state index in [0.717, 1.165) is 41.5 Å². The van der Waals surface area contributed by atoms with E-state index < -0.39 is 87.1 Å². The van der Waals surface area contributed by atoms with Gasteiger partial charge >= 0.3 is 0 Å². The SMILES string of the molecule is NCCCC[C@@H](c1nn[nH]n1)N(CCCN(C[C@H](O)[C@@H](O)[C@H](O)[C@H](O)CO)C[C@H](O)[C@@H](O)[C@H](O)[C@H](O)CO)C(=O)CCc1ccc(-c2ccc(CCCCN=C(N)c3ncc(Cl)nc3C(N)=O)cc2)cc1. The molecule has 0 saturated carbocycles. The Morgan fingerprint density at radius 2 is 1.27 bits per heavy atom. The quantitative estimate of drug-likeness (QED) is 0.0131. The Bertz CT molecular complexity index is 2190. The van der Waals surface area contributed by atoms with E-state index in [-0.39, 0.29) is 60.0 Å². The van der Waals surface area contributed by atoms with E-state index in [1.165, 1.54) is 11.1 Å². The summed E-state index contributed by atoms with van der Waals surface area (Å²) in [7, 11) is 0. The van der Waals surface area contributed by atoms with Gasteiger partial charge in [-0.15, -0.1) is 10.2 Å². The van der Waals surface area contributed by atoms with E-state index in [9.17, 15) is 60.7 Å². The number of primary amides is 1. The van der Waals surface area contributed by atoms with Gasteiger partial charge in [-0.1, -0.05) is 65.3 Å². The second kappa shape index (κ2) is 30.0. The Hall–Kier alpha value is -5.19. The molecule has 0 saturated heterocycles. The minimum Gasteiger partial charge on any atom is -0.394 e. The first-order valence-corrected chi connectivity index (χ1v) is 23.8. The number of unbranched alkanes of at least 4 members (excludes halogenated alkanes) is 2. The molecule has 0 radical (unpaired) electrons. The predicted molar refractivity (Wildman–Crippen MR) is 259 cm³/mol. The number of nitrogens with two attached hydrogens (primary N) is 3. The molecule has 0 bridgehead atoms. The lowest BCUT2D eigenvalue weighted by molar-refractivity contribution is -0.135. The van der Waals surface area contributed by atoms with Gasteiger partial charge in [-0.3, -0.25) is 19.5 Å². The highest BCUT2D eigenvalue weighted by atomic mass is 35.5. The smallest absolute Gasteiger partial charge is 0.269 e. The molecule has 25 heteroatoms. The molecule has 392 valence electrons. The summed E-state index contributed by atoms with van der Waals surface area (Å²) in [4.78, 5) is 41.3. The molecule has 71 heavy (non-hydrogen) atoms. The number of nitrogens with zero attached hydrogens (tertiary/aromatic N) is 8. The topological polar surface area (TPSA) is 414 Å². The Balaban J connectivity index is 1.41. The van der Waals surface area contributed by atoms with Crippen molar-refractivity contribution in [3.63, 3.8) is 0 Å². The summed E-state index contributed by atoms with van der Waals surface area (Å²) >= 11 is 5.83. The van der Waals surface area contributed by atoms with E-state index in [4.69, 9.17) is 28.8 Å². The first-order valence-electron chi connectivity index (χ1n) is 23.4. The van der Waals surface area contributed by atoms with Crippen molar-refractivity contribution in [2.45, 2.75) is 113 Å². The van der Waals surface area contributed by atoms with Crippen LogP contribution < -0.4 is 17.2 Å². The number of amides is 2. The third-order valence-corrected chi connectivity index (χ3v) is 12.1. The number of halogens is 1. The van der Waals surface area contributed by atoms with Crippen molar-refractivity contribution in [1.82, 2.24) is 40.4 Å². The lowest BCUT2D eigenvalue weighted by Gasteiger charge is -2.35. The second-order valence-electron chi connectivity index (χ2n) is 17.2. The standard InChI is InChI=1S/C46H69ClN12O12/c47-36-22-52-38(39(53-36)45(50)71)44(49)51-19-4-2-6-27-8-13-29(14-9-27)30-15-10-28(11-16-30)12-17-37(66)59(31(7-1-3-18-48)46-54-56-57-55-46)21-5-20-58(23-32(62)40(67)42(69)34(64)25-60)24-33(63)41(68)43(70)35(65)26-61/h8-11,13-16,22,31-35,40-43,60-65,67-70H,1-7,12,17-21,23-26,48H2,(H2,49,51)(H2,50,71)(H,54,55,56,57)/t31-,32-,33-,34+,35+,40+,41+,42+,43+/m0/s1. The number of rotatable bonds is 33. The zero-order chi connectivity index (χ0) is 52.0. The Labute approximate surface area is 415 Å². The molecule has 4 aromatic rings. The molecule has 17 N–H and O–H groups in total. The van der Waals surface area contributed by atoms with Gasteiger partial charge in [-0.05, 0) is 80.2 Å². The fraction of sp³-hybridized carbons (Fsp3) is 0.565. The number of hydrogen-bond donors (Lipinski definition) is 14. The third-order valence-electron chi connectivity index (χ3n) is 11.9. The van der Waals surface area contributed by atoms with Crippen LogP contribution in [0.4, 0.5) is 0 Å².